The molecular weight excluding hydrogens is 355 g/mol. The first kappa shape index (κ1) is 16.1. The molecule has 0 bridgehead atoms. The number of para-hydroxylation sites is 2. The number of anilines is 1. The van der Waals surface area contributed by atoms with Gasteiger partial charge in [-0.15, -0.1) is 11.3 Å². The van der Waals surface area contributed by atoms with E-state index < -0.39 is 5.82 Å². The first-order valence-electron chi connectivity index (χ1n) is 7.60. The highest BCUT2D eigenvalue weighted by molar-refractivity contribution is 7.20. The van der Waals surface area contributed by atoms with Gasteiger partial charge in [0.15, 0.2) is 16.6 Å². The highest BCUT2D eigenvalue weighted by Crippen LogP contribution is 2.23. The van der Waals surface area contributed by atoms with Gasteiger partial charge in [-0.2, -0.15) is 0 Å². The summed E-state index contributed by atoms with van der Waals surface area (Å²) in [6.07, 6.45) is 2.77. The predicted octanol–water partition coefficient (Wildman–Crippen LogP) is 4.27. The van der Waals surface area contributed by atoms with Gasteiger partial charge in [-0.25, -0.2) is 19.3 Å². The Labute approximate surface area is 151 Å². The zero-order valence-corrected chi connectivity index (χ0v) is 14.0. The third-order valence-electron chi connectivity index (χ3n) is 3.41. The van der Waals surface area contributed by atoms with Crippen molar-refractivity contribution in [1.82, 2.24) is 15.0 Å². The number of amides is 1. The van der Waals surface area contributed by atoms with Gasteiger partial charge in [0.25, 0.3) is 5.91 Å². The Hall–Kier alpha value is -3.39. The fourth-order valence-electron chi connectivity index (χ4n) is 2.21. The molecule has 2 heterocycles. The number of aromatic nitrogens is 3. The minimum atomic E-state index is -0.510. The van der Waals surface area contributed by atoms with Crippen LogP contribution in [-0.2, 0) is 0 Å². The smallest absolute Gasteiger partial charge is 0.322 e. The minimum absolute atomic E-state index is 0.0203. The first-order chi connectivity index (χ1) is 12.7. The van der Waals surface area contributed by atoms with Crippen molar-refractivity contribution in [2.45, 2.75) is 0 Å². The molecule has 4 rings (SSSR count). The van der Waals surface area contributed by atoms with Gasteiger partial charge in [-0.05, 0) is 24.3 Å². The molecule has 1 N–H and O–H groups in total. The fraction of sp³-hybridized carbons (Fsp3) is 0. The first-order valence-corrected chi connectivity index (χ1v) is 8.42. The molecule has 26 heavy (non-hydrogen) atoms. The standard InChI is InChI=1S/C18H11FN4O2S/c19-12-5-1-3-7-14(12)25-18-20-9-11(10-21-18)22-16(24)17-23-13-6-2-4-8-15(13)26-17/h1-10H,(H,22,24). The van der Waals surface area contributed by atoms with Crippen molar-refractivity contribution in [2.24, 2.45) is 0 Å². The van der Waals surface area contributed by atoms with Crippen molar-refractivity contribution in [3.05, 3.63) is 71.7 Å². The lowest BCUT2D eigenvalue weighted by Gasteiger charge is -2.05. The number of rotatable bonds is 4. The van der Waals surface area contributed by atoms with Crippen molar-refractivity contribution in [3.8, 4) is 11.8 Å². The van der Waals surface area contributed by atoms with Crippen molar-refractivity contribution in [3.63, 3.8) is 0 Å². The zero-order valence-electron chi connectivity index (χ0n) is 13.2. The molecule has 0 unspecified atom stereocenters. The normalized spacial score (nSPS) is 10.7. The Kier molecular flexibility index (Phi) is 4.24. The van der Waals surface area contributed by atoms with Gasteiger partial charge in [0, 0.05) is 0 Å². The van der Waals surface area contributed by atoms with E-state index in [0.717, 1.165) is 10.2 Å². The van der Waals surface area contributed by atoms with Crippen LogP contribution in [0.25, 0.3) is 10.2 Å². The fourth-order valence-corrected chi connectivity index (χ4v) is 3.07. The van der Waals surface area contributed by atoms with Gasteiger partial charge in [0.05, 0.1) is 28.3 Å². The molecule has 8 heteroatoms. The number of fused-ring (bicyclic) bond motifs is 1. The van der Waals surface area contributed by atoms with Crippen molar-refractivity contribution in [2.75, 3.05) is 5.32 Å². The van der Waals surface area contributed by atoms with Crippen LogP contribution >= 0.6 is 11.3 Å². The molecule has 1 amide bonds. The van der Waals surface area contributed by atoms with Crippen molar-refractivity contribution >= 4 is 33.1 Å². The molecule has 2 aromatic carbocycles. The number of hydrogen-bond acceptors (Lipinski definition) is 6. The summed E-state index contributed by atoms with van der Waals surface area (Å²) >= 11 is 1.30. The summed E-state index contributed by atoms with van der Waals surface area (Å²) in [5, 5.41) is 3.02. The summed E-state index contributed by atoms with van der Waals surface area (Å²) in [5.41, 5.74) is 1.16. The highest BCUT2D eigenvalue weighted by atomic mass is 32.1. The van der Waals surface area contributed by atoms with E-state index in [1.807, 2.05) is 24.3 Å². The Bertz CT molecular complexity index is 1050. The van der Waals surface area contributed by atoms with Crippen LogP contribution in [0.1, 0.15) is 9.80 Å². The molecular formula is C18H11FN4O2S. The minimum Gasteiger partial charge on any atom is -0.421 e. The third kappa shape index (κ3) is 3.35. The molecule has 0 saturated carbocycles. The predicted molar refractivity (Wildman–Crippen MR) is 96.1 cm³/mol. The van der Waals surface area contributed by atoms with E-state index in [9.17, 15) is 9.18 Å². The van der Waals surface area contributed by atoms with Crippen LogP contribution in [0.5, 0.6) is 11.8 Å². The third-order valence-corrected chi connectivity index (χ3v) is 4.45. The second-order valence-corrected chi connectivity index (χ2v) is 6.26. The topological polar surface area (TPSA) is 77.0 Å². The van der Waals surface area contributed by atoms with Crippen LogP contribution in [0.2, 0.25) is 0 Å². The maximum Gasteiger partial charge on any atom is 0.322 e. The molecule has 0 radical (unpaired) electrons. The number of carbonyl (C=O) groups is 1. The molecule has 6 nitrogen and oxygen atoms in total. The van der Waals surface area contributed by atoms with Gasteiger partial charge in [0.1, 0.15) is 0 Å². The number of ether oxygens (including phenoxy) is 1. The van der Waals surface area contributed by atoms with E-state index in [2.05, 4.69) is 20.3 Å². The summed E-state index contributed by atoms with van der Waals surface area (Å²) in [4.78, 5) is 24.5. The van der Waals surface area contributed by atoms with Crippen LogP contribution in [0.15, 0.2) is 60.9 Å². The maximum absolute atomic E-state index is 13.6. The molecule has 0 aliphatic rings. The number of carbonyl (C=O) groups excluding carboxylic acids is 1. The van der Waals surface area contributed by atoms with E-state index in [-0.39, 0.29) is 17.7 Å². The van der Waals surface area contributed by atoms with Gasteiger partial charge in [-0.3, -0.25) is 4.79 Å². The summed E-state index contributed by atoms with van der Waals surface area (Å²) in [6.45, 7) is 0. The van der Waals surface area contributed by atoms with E-state index in [4.69, 9.17) is 4.74 Å². The number of hydrogen-bond donors (Lipinski definition) is 1. The van der Waals surface area contributed by atoms with Gasteiger partial charge < -0.3 is 10.1 Å². The molecule has 2 aromatic heterocycles. The summed E-state index contributed by atoms with van der Waals surface area (Å²) in [5.74, 6) is -0.833. The second kappa shape index (κ2) is 6.85. The SMILES string of the molecule is O=C(Nc1cnc(Oc2ccccc2F)nc1)c1nc2ccccc2s1. The molecule has 128 valence electrons. The number of nitrogens with one attached hydrogen (secondary N) is 1. The van der Waals surface area contributed by atoms with Crippen LogP contribution in [0, 0.1) is 5.82 Å². The zero-order chi connectivity index (χ0) is 17.9. The average Bonchev–Trinajstić information content (AvgIpc) is 3.10. The Morgan fingerprint density at radius 1 is 1.04 bits per heavy atom. The monoisotopic (exact) mass is 366 g/mol. The van der Waals surface area contributed by atoms with Crippen molar-refractivity contribution < 1.29 is 13.9 Å². The van der Waals surface area contributed by atoms with E-state index >= 15 is 0 Å². The maximum atomic E-state index is 13.6. The molecule has 0 fully saturated rings. The summed E-state index contributed by atoms with van der Waals surface area (Å²) in [6, 6.07) is 13.4. The van der Waals surface area contributed by atoms with Crippen LogP contribution in [-0.4, -0.2) is 20.9 Å². The number of benzene rings is 2. The highest BCUT2D eigenvalue weighted by Gasteiger charge is 2.13. The average molecular weight is 366 g/mol. The van der Waals surface area contributed by atoms with Crippen LogP contribution < -0.4 is 10.1 Å². The summed E-state index contributed by atoms with van der Waals surface area (Å²) < 4.78 is 19.8. The number of thiazole rings is 1. The lowest BCUT2D eigenvalue weighted by molar-refractivity contribution is 0.102. The van der Waals surface area contributed by atoms with Gasteiger partial charge in [-0.1, -0.05) is 24.3 Å². The lowest BCUT2D eigenvalue weighted by atomic mass is 10.3. The van der Waals surface area contributed by atoms with E-state index in [1.165, 1.54) is 35.9 Å². The Balaban J connectivity index is 1.47. The second-order valence-electron chi connectivity index (χ2n) is 5.23. The van der Waals surface area contributed by atoms with E-state index in [0.29, 0.717) is 10.7 Å². The molecule has 0 spiro atoms. The number of nitrogens with zero attached hydrogens (tertiary/aromatic N) is 3. The van der Waals surface area contributed by atoms with Gasteiger partial charge in [0.2, 0.25) is 0 Å². The largest absolute Gasteiger partial charge is 0.421 e. The van der Waals surface area contributed by atoms with E-state index in [1.54, 1.807) is 12.1 Å². The quantitative estimate of drug-likeness (QED) is 0.584. The molecule has 0 saturated heterocycles. The number of halogens is 1. The Morgan fingerprint density at radius 2 is 1.77 bits per heavy atom. The molecule has 0 aliphatic heterocycles. The summed E-state index contributed by atoms with van der Waals surface area (Å²) in [7, 11) is 0. The molecule has 0 aliphatic carbocycles. The molecule has 4 aromatic rings. The van der Waals surface area contributed by atoms with Crippen LogP contribution in [0.4, 0.5) is 10.1 Å². The Morgan fingerprint density at radius 3 is 2.54 bits per heavy atom. The molecule has 0 atom stereocenters. The van der Waals surface area contributed by atoms with Crippen LogP contribution in [0.3, 0.4) is 0 Å². The van der Waals surface area contributed by atoms with Crippen molar-refractivity contribution in [1.29, 1.82) is 0 Å². The van der Waals surface area contributed by atoms with Gasteiger partial charge >= 0.3 is 6.01 Å². The lowest BCUT2D eigenvalue weighted by Crippen LogP contribution is -2.12.